The first kappa shape index (κ1) is 19.2. The van der Waals surface area contributed by atoms with E-state index in [-0.39, 0.29) is 0 Å². The molecule has 6 nitrogen and oxygen atoms in total. The molecule has 1 saturated heterocycles. The molecule has 0 amide bonds. The third kappa shape index (κ3) is 4.11. The fraction of sp³-hybridized carbons (Fsp3) is 0.571. The van der Waals surface area contributed by atoms with Gasteiger partial charge in [0.05, 0.1) is 15.9 Å². The number of likely N-dealkylation sites (tertiary alicyclic amines) is 1. The van der Waals surface area contributed by atoms with Crippen molar-refractivity contribution in [3.63, 3.8) is 0 Å². The monoisotopic (exact) mass is 428 g/mol. The number of aromatic nitrogens is 3. The molecule has 0 bridgehead atoms. The predicted octanol–water partition coefficient (Wildman–Crippen LogP) is 5.29. The lowest BCUT2D eigenvalue weighted by molar-refractivity contribution is 0.125. The van der Waals surface area contributed by atoms with E-state index < -0.39 is 0 Å². The van der Waals surface area contributed by atoms with E-state index in [9.17, 15) is 0 Å². The molecule has 1 saturated carbocycles. The largest absolute Gasteiger partial charge is 0.382 e. The van der Waals surface area contributed by atoms with Crippen molar-refractivity contribution in [3.8, 4) is 0 Å². The molecule has 3 aromatic rings. The zero-order valence-electron chi connectivity index (χ0n) is 16.9. The highest BCUT2D eigenvalue weighted by molar-refractivity contribution is 7.19. The van der Waals surface area contributed by atoms with Gasteiger partial charge in [0, 0.05) is 10.9 Å². The quantitative estimate of drug-likeness (QED) is 0.587. The van der Waals surface area contributed by atoms with Crippen molar-refractivity contribution in [1.29, 1.82) is 0 Å². The van der Waals surface area contributed by atoms with Crippen molar-refractivity contribution in [2.75, 3.05) is 24.1 Å². The lowest BCUT2D eigenvalue weighted by Gasteiger charge is -2.38. The van der Waals surface area contributed by atoms with Crippen LogP contribution in [-0.2, 0) is 0 Å². The summed E-state index contributed by atoms with van der Waals surface area (Å²) in [6, 6.07) is 5.03. The summed E-state index contributed by atoms with van der Waals surface area (Å²) in [5, 5.41) is 4.18. The van der Waals surface area contributed by atoms with E-state index in [1.807, 2.05) is 13.0 Å². The van der Waals surface area contributed by atoms with Crippen LogP contribution in [0.15, 0.2) is 12.1 Å². The van der Waals surface area contributed by atoms with Gasteiger partial charge in [-0.05, 0) is 88.1 Å². The van der Waals surface area contributed by atoms with Crippen LogP contribution in [0.25, 0.3) is 10.2 Å². The van der Waals surface area contributed by atoms with Crippen molar-refractivity contribution >= 4 is 49.9 Å². The molecular formula is C21H28N6S2. The summed E-state index contributed by atoms with van der Waals surface area (Å²) in [5.74, 6) is 1.75. The van der Waals surface area contributed by atoms with Gasteiger partial charge in [-0.25, -0.2) is 4.98 Å². The summed E-state index contributed by atoms with van der Waals surface area (Å²) in [6.07, 6.45) is 9.35. The minimum atomic E-state index is 0.553. The summed E-state index contributed by atoms with van der Waals surface area (Å²) < 4.78 is 5.31. The zero-order chi connectivity index (χ0) is 19.8. The normalized spacial score (nSPS) is 23.5. The maximum Gasteiger partial charge on any atom is 0.230 e. The van der Waals surface area contributed by atoms with Crippen LogP contribution in [0.1, 0.15) is 61.4 Å². The predicted molar refractivity (Wildman–Crippen MR) is 122 cm³/mol. The van der Waals surface area contributed by atoms with Crippen LogP contribution in [0.4, 0.5) is 16.8 Å². The van der Waals surface area contributed by atoms with Crippen molar-refractivity contribution < 1.29 is 0 Å². The molecule has 3 N–H and O–H groups in total. The number of rotatable bonds is 4. The van der Waals surface area contributed by atoms with Gasteiger partial charge in [0.1, 0.15) is 10.8 Å². The van der Waals surface area contributed by atoms with Gasteiger partial charge in [0.15, 0.2) is 0 Å². The molecule has 2 fully saturated rings. The molecule has 8 heteroatoms. The van der Waals surface area contributed by atoms with E-state index in [2.05, 4.69) is 25.6 Å². The summed E-state index contributed by atoms with van der Waals surface area (Å²) in [6.45, 7) is 4.59. The number of hydrogen-bond acceptors (Lipinski definition) is 8. The highest BCUT2D eigenvalue weighted by atomic mass is 32.1. The standard InChI is InChI=1S/C21H28N6S2/c1-13-11-18(29-26-13)24-21-23-16-12-17(28-19(16)20(22)25-21)14-5-7-15(8-6-14)27-9-3-2-4-10-27/h11-12,14-15H,2-10H2,1H3,(H3,22,23,24,25)/t14-,15-. The van der Waals surface area contributed by atoms with Gasteiger partial charge in [-0.2, -0.15) is 9.36 Å². The molecule has 0 aromatic carbocycles. The zero-order valence-corrected chi connectivity index (χ0v) is 18.5. The Morgan fingerprint density at radius 1 is 1.07 bits per heavy atom. The topological polar surface area (TPSA) is 80.0 Å². The summed E-state index contributed by atoms with van der Waals surface area (Å²) in [7, 11) is 0. The van der Waals surface area contributed by atoms with E-state index in [0.717, 1.165) is 27.0 Å². The van der Waals surface area contributed by atoms with Crippen molar-refractivity contribution in [2.45, 2.75) is 63.8 Å². The number of hydrogen-bond donors (Lipinski definition) is 2. The van der Waals surface area contributed by atoms with E-state index in [1.54, 1.807) is 11.3 Å². The molecule has 0 unspecified atom stereocenters. The van der Waals surface area contributed by atoms with Crippen LogP contribution in [0.3, 0.4) is 0 Å². The van der Waals surface area contributed by atoms with Gasteiger partial charge in [-0.15, -0.1) is 11.3 Å². The molecule has 4 heterocycles. The first-order valence-corrected chi connectivity index (χ1v) is 12.3. The molecule has 2 aliphatic rings. The number of nitrogens with zero attached hydrogens (tertiary/aromatic N) is 4. The van der Waals surface area contributed by atoms with Crippen LogP contribution >= 0.6 is 22.9 Å². The highest BCUT2D eigenvalue weighted by Crippen LogP contribution is 2.41. The second-order valence-electron chi connectivity index (χ2n) is 8.36. The van der Waals surface area contributed by atoms with Crippen LogP contribution < -0.4 is 11.1 Å². The number of nitrogens with one attached hydrogen (secondary N) is 1. The number of nitrogen functional groups attached to an aromatic ring is 1. The summed E-state index contributed by atoms with van der Waals surface area (Å²) in [4.78, 5) is 13.4. The Kier molecular flexibility index (Phi) is 5.41. The highest BCUT2D eigenvalue weighted by Gasteiger charge is 2.28. The fourth-order valence-electron chi connectivity index (χ4n) is 4.77. The molecule has 3 aromatic heterocycles. The molecule has 0 spiro atoms. The number of fused-ring (bicyclic) bond motifs is 1. The van der Waals surface area contributed by atoms with Gasteiger partial charge in [0.2, 0.25) is 5.95 Å². The molecule has 1 aliphatic carbocycles. The Bertz CT molecular complexity index is 982. The SMILES string of the molecule is Cc1cc(Nc2nc(N)c3sc([C@H]4CC[C@H](N5CCCCC5)CC4)cc3n2)sn1. The first-order chi connectivity index (χ1) is 14.2. The summed E-state index contributed by atoms with van der Waals surface area (Å²) in [5.41, 5.74) is 8.23. The van der Waals surface area contributed by atoms with Gasteiger partial charge in [0.25, 0.3) is 0 Å². The smallest absolute Gasteiger partial charge is 0.230 e. The average molecular weight is 429 g/mol. The Hall–Kier alpha value is -1.77. The number of nitrogens with two attached hydrogens (primary N) is 1. The Morgan fingerprint density at radius 2 is 1.86 bits per heavy atom. The number of thiophene rings is 1. The second-order valence-corrected chi connectivity index (χ2v) is 10.2. The third-order valence-corrected chi connectivity index (χ3v) is 8.39. The van der Waals surface area contributed by atoms with Crippen LogP contribution in [0, 0.1) is 6.92 Å². The van der Waals surface area contributed by atoms with Crippen molar-refractivity contribution in [1.82, 2.24) is 19.2 Å². The number of aryl methyl sites for hydroxylation is 1. The van der Waals surface area contributed by atoms with E-state index in [1.165, 1.54) is 74.4 Å². The maximum atomic E-state index is 6.28. The van der Waals surface area contributed by atoms with E-state index >= 15 is 0 Å². The minimum absolute atomic E-state index is 0.553. The Morgan fingerprint density at radius 3 is 2.59 bits per heavy atom. The Labute approximate surface area is 179 Å². The van der Waals surface area contributed by atoms with Gasteiger partial charge in [-0.3, -0.25) is 0 Å². The van der Waals surface area contributed by atoms with Gasteiger partial charge in [-0.1, -0.05) is 6.42 Å². The van der Waals surface area contributed by atoms with Crippen molar-refractivity contribution in [2.24, 2.45) is 0 Å². The lowest BCUT2D eigenvalue weighted by Crippen LogP contribution is -2.41. The molecule has 29 heavy (non-hydrogen) atoms. The molecule has 154 valence electrons. The average Bonchev–Trinajstić information content (AvgIpc) is 3.35. The number of anilines is 3. The minimum Gasteiger partial charge on any atom is -0.382 e. The Balaban J connectivity index is 1.30. The molecule has 1 aliphatic heterocycles. The first-order valence-electron chi connectivity index (χ1n) is 10.7. The lowest BCUT2D eigenvalue weighted by atomic mass is 9.84. The maximum absolute atomic E-state index is 6.28. The molecule has 5 rings (SSSR count). The third-order valence-electron chi connectivity index (χ3n) is 6.29. The van der Waals surface area contributed by atoms with Gasteiger partial charge < -0.3 is 16.0 Å². The molecule has 0 atom stereocenters. The van der Waals surface area contributed by atoms with Crippen LogP contribution in [-0.4, -0.2) is 38.4 Å². The van der Waals surface area contributed by atoms with Crippen LogP contribution in [0.2, 0.25) is 0 Å². The fourth-order valence-corrected chi connectivity index (χ4v) is 6.59. The molecule has 0 radical (unpaired) electrons. The van der Waals surface area contributed by atoms with Crippen molar-refractivity contribution in [3.05, 3.63) is 22.7 Å². The second kappa shape index (κ2) is 8.16. The van der Waals surface area contributed by atoms with E-state index in [4.69, 9.17) is 10.7 Å². The van der Waals surface area contributed by atoms with Crippen LogP contribution in [0.5, 0.6) is 0 Å². The molecular weight excluding hydrogens is 400 g/mol. The number of piperidine rings is 1. The van der Waals surface area contributed by atoms with E-state index in [0.29, 0.717) is 17.7 Å². The van der Waals surface area contributed by atoms with Gasteiger partial charge >= 0.3 is 0 Å². The summed E-state index contributed by atoms with van der Waals surface area (Å²) >= 11 is 3.20.